The molecule has 0 aromatic rings. The van der Waals surface area contributed by atoms with Crippen molar-refractivity contribution in [3.8, 4) is 0 Å². The molecule has 0 aromatic carbocycles. The van der Waals surface area contributed by atoms with Gasteiger partial charge in [-0.05, 0) is 27.7 Å². The minimum atomic E-state index is -1.32. The van der Waals surface area contributed by atoms with E-state index in [1.54, 1.807) is 27.7 Å². The van der Waals surface area contributed by atoms with E-state index in [2.05, 4.69) is 0 Å². The summed E-state index contributed by atoms with van der Waals surface area (Å²) < 4.78 is 64.6. The first-order valence-electron chi connectivity index (χ1n) is 12.8. The number of hydrogen-bond acceptors (Lipinski definition) is 14. The minimum absolute atomic E-state index is 0.0767. The predicted molar refractivity (Wildman–Crippen MR) is 126 cm³/mol. The lowest BCUT2D eigenvalue weighted by Gasteiger charge is -2.53. The molecule has 0 saturated carbocycles. The van der Waals surface area contributed by atoms with Gasteiger partial charge in [-0.2, -0.15) is 0 Å². The highest BCUT2D eigenvalue weighted by molar-refractivity contribution is 5.67. The number of carbonyl (C=O) groups excluding carboxylic acids is 3. The van der Waals surface area contributed by atoms with Crippen molar-refractivity contribution in [1.82, 2.24) is 0 Å². The van der Waals surface area contributed by atoms with E-state index in [4.69, 9.17) is 52.1 Å². The molecule has 10 atom stereocenters. The van der Waals surface area contributed by atoms with Gasteiger partial charge in [0.05, 0.1) is 13.2 Å². The smallest absolute Gasteiger partial charge is 0.303 e. The molecule has 4 fully saturated rings. The van der Waals surface area contributed by atoms with Crippen molar-refractivity contribution in [3.63, 3.8) is 0 Å². The molecule has 4 rings (SSSR count). The van der Waals surface area contributed by atoms with E-state index in [1.165, 1.54) is 27.9 Å². The van der Waals surface area contributed by atoms with Crippen LogP contribution < -0.4 is 0 Å². The minimum Gasteiger partial charge on any atom is -0.455 e. The third-order valence-corrected chi connectivity index (χ3v) is 6.64. The van der Waals surface area contributed by atoms with Crippen LogP contribution in [0, 0.1) is 0 Å². The van der Waals surface area contributed by atoms with Gasteiger partial charge in [0.2, 0.25) is 0 Å². The van der Waals surface area contributed by atoms with Crippen LogP contribution in [0.4, 0.5) is 0 Å². The first-order valence-corrected chi connectivity index (χ1v) is 12.8. The Balaban J connectivity index is 1.71. The van der Waals surface area contributed by atoms with Gasteiger partial charge in [-0.3, -0.25) is 14.4 Å². The Morgan fingerprint density at radius 2 is 1.05 bits per heavy atom. The topological polar surface area (TPSA) is 153 Å². The lowest BCUT2D eigenvalue weighted by Crippen LogP contribution is -2.70. The summed E-state index contributed by atoms with van der Waals surface area (Å²) in [5.74, 6) is -3.93. The van der Waals surface area contributed by atoms with E-state index in [-0.39, 0.29) is 13.2 Å². The number of fused-ring (bicyclic) bond motifs is 2. The van der Waals surface area contributed by atoms with Crippen molar-refractivity contribution in [3.05, 3.63) is 0 Å². The molecule has 0 aromatic heterocycles. The van der Waals surface area contributed by atoms with Gasteiger partial charge in [0.15, 0.2) is 42.5 Å². The molecule has 0 bridgehead atoms. The van der Waals surface area contributed by atoms with Crippen molar-refractivity contribution in [2.24, 2.45) is 0 Å². The maximum absolute atomic E-state index is 12.2. The molecule has 0 amide bonds. The SMILES string of the molecule is CO[C@H]1O[C@@H]2COC(C)(C)O[C@H]2[C@H](O[C@H]2O[C@@H]3COC(C)(C)O[C@H]3[C@H](OC(C)=O)[C@@H]2OC(C)=O)[C@@H]1OC(C)=O. The highest BCUT2D eigenvalue weighted by Gasteiger charge is 2.59. The van der Waals surface area contributed by atoms with Crippen LogP contribution in [0.1, 0.15) is 48.5 Å². The van der Waals surface area contributed by atoms with E-state index in [0.717, 1.165) is 0 Å². The normalized spacial score (nSPS) is 40.9. The van der Waals surface area contributed by atoms with Gasteiger partial charge in [-0.1, -0.05) is 0 Å². The Kier molecular flexibility index (Phi) is 8.88. The van der Waals surface area contributed by atoms with Gasteiger partial charge < -0.3 is 52.1 Å². The summed E-state index contributed by atoms with van der Waals surface area (Å²) in [6.45, 7) is 10.8. The van der Waals surface area contributed by atoms with Crippen LogP contribution >= 0.6 is 0 Å². The number of esters is 3. The van der Waals surface area contributed by atoms with Crippen LogP contribution in [-0.4, -0.2) is 111 Å². The molecule has 4 aliphatic rings. The second-order valence-corrected chi connectivity index (χ2v) is 10.7. The van der Waals surface area contributed by atoms with Crippen molar-refractivity contribution in [2.45, 2.75) is 121 Å². The van der Waals surface area contributed by atoms with Gasteiger partial charge in [0.1, 0.15) is 30.5 Å². The van der Waals surface area contributed by atoms with E-state index in [0.29, 0.717) is 0 Å². The Labute approximate surface area is 226 Å². The summed E-state index contributed by atoms with van der Waals surface area (Å²) in [4.78, 5) is 36.4. The molecular formula is C25H38O14. The number of rotatable bonds is 6. The molecule has 4 saturated heterocycles. The second-order valence-electron chi connectivity index (χ2n) is 10.7. The van der Waals surface area contributed by atoms with Crippen LogP contribution in [0.2, 0.25) is 0 Å². The maximum Gasteiger partial charge on any atom is 0.303 e. The molecule has 0 N–H and O–H groups in total. The molecule has 4 aliphatic heterocycles. The lowest BCUT2D eigenvalue weighted by atomic mass is 9.94. The van der Waals surface area contributed by atoms with E-state index in [9.17, 15) is 14.4 Å². The standard InChI is InChI=1S/C25H38O14/c1-11(26)32-18-16-15(10-31-24(4,5)38-16)36-23(21(18)34-13(3)28)37-19-17-14(9-30-25(6,7)39-17)35-22(29-8)20(19)33-12(2)27/h14-23H,9-10H2,1-8H3/t14-,15-,16-,17-,18+,19+,20+,21+,22+,23-/m1/s1. The summed E-state index contributed by atoms with van der Waals surface area (Å²) in [6.07, 6.45) is -9.92. The van der Waals surface area contributed by atoms with Crippen molar-refractivity contribution in [1.29, 1.82) is 0 Å². The highest BCUT2D eigenvalue weighted by Crippen LogP contribution is 2.40. The molecule has 222 valence electrons. The first-order chi connectivity index (χ1) is 18.2. The highest BCUT2D eigenvalue weighted by atomic mass is 16.8. The number of hydrogen-bond donors (Lipinski definition) is 0. The van der Waals surface area contributed by atoms with Gasteiger partial charge in [-0.25, -0.2) is 0 Å². The molecule has 14 heteroatoms. The molecule has 0 spiro atoms. The lowest BCUT2D eigenvalue weighted by molar-refractivity contribution is -0.418. The molecule has 0 aliphatic carbocycles. The Hall–Kier alpha value is -1.91. The maximum atomic E-state index is 12.2. The molecule has 39 heavy (non-hydrogen) atoms. The van der Waals surface area contributed by atoms with E-state index < -0.39 is 90.9 Å². The van der Waals surface area contributed by atoms with Crippen LogP contribution in [0.15, 0.2) is 0 Å². The molecule has 14 nitrogen and oxygen atoms in total. The third kappa shape index (κ3) is 6.88. The summed E-state index contributed by atoms with van der Waals surface area (Å²) in [7, 11) is 1.39. The van der Waals surface area contributed by atoms with E-state index >= 15 is 0 Å². The monoisotopic (exact) mass is 562 g/mol. The van der Waals surface area contributed by atoms with Crippen LogP contribution in [-0.2, 0) is 66.5 Å². The predicted octanol–water partition coefficient (Wildman–Crippen LogP) is 0.566. The summed E-state index contributed by atoms with van der Waals surface area (Å²) in [5.41, 5.74) is 0. The summed E-state index contributed by atoms with van der Waals surface area (Å²) in [5, 5.41) is 0. The number of methoxy groups -OCH3 is 1. The van der Waals surface area contributed by atoms with E-state index in [1.807, 2.05) is 0 Å². The average molecular weight is 563 g/mol. The zero-order valence-corrected chi connectivity index (χ0v) is 23.4. The van der Waals surface area contributed by atoms with Crippen LogP contribution in [0.5, 0.6) is 0 Å². The van der Waals surface area contributed by atoms with Crippen LogP contribution in [0.3, 0.4) is 0 Å². The Morgan fingerprint density at radius 3 is 1.51 bits per heavy atom. The van der Waals surface area contributed by atoms with Gasteiger partial charge in [0.25, 0.3) is 0 Å². The quantitative estimate of drug-likeness (QED) is 0.327. The fourth-order valence-electron chi connectivity index (χ4n) is 5.17. The zero-order valence-electron chi connectivity index (χ0n) is 23.4. The fraction of sp³-hybridized carbons (Fsp3) is 0.880. The second kappa shape index (κ2) is 11.5. The molecule has 0 radical (unpaired) electrons. The zero-order chi connectivity index (χ0) is 28.7. The fourth-order valence-corrected chi connectivity index (χ4v) is 5.17. The molecule has 4 heterocycles. The Bertz CT molecular complexity index is 920. The van der Waals surface area contributed by atoms with Crippen molar-refractivity contribution in [2.75, 3.05) is 20.3 Å². The molecule has 0 unspecified atom stereocenters. The summed E-state index contributed by atoms with van der Waals surface area (Å²) >= 11 is 0. The third-order valence-electron chi connectivity index (χ3n) is 6.64. The van der Waals surface area contributed by atoms with Gasteiger partial charge >= 0.3 is 17.9 Å². The summed E-state index contributed by atoms with van der Waals surface area (Å²) in [6, 6.07) is 0. The number of carbonyl (C=O) groups is 3. The first kappa shape index (κ1) is 30.1. The Morgan fingerprint density at radius 1 is 0.641 bits per heavy atom. The largest absolute Gasteiger partial charge is 0.455 e. The van der Waals surface area contributed by atoms with Crippen LogP contribution in [0.25, 0.3) is 0 Å². The van der Waals surface area contributed by atoms with Gasteiger partial charge in [-0.15, -0.1) is 0 Å². The number of ether oxygens (including phenoxy) is 11. The average Bonchev–Trinajstić information content (AvgIpc) is 2.81. The molecular weight excluding hydrogens is 524 g/mol. The van der Waals surface area contributed by atoms with Crippen molar-refractivity contribution >= 4 is 17.9 Å². The van der Waals surface area contributed by atoms with Gasteiger partial charge in [0, 0.05) is 27.9 Å². The van der Waals surface area contributed by atoms with Crippen molar-refractivity contribution < 1.29 is 66.5 Å².